The van der Waals surface area contributed by atoms with Crippen molar-refractivity contribution in [3.05, 3.63) is 48.2 Å². The fourth-order valence-corrected chi connectivity index (χ4v) is 5.52. The zero-order chi connectivity index (χ0) is 21.3. The van der Waals surface area contributed by atoms with Gasteiger partial charge in [-0.15, -0.1) is 0 Å². The highest BCUT2D eigenvalue weighted by Crippen LogP contribution is 2.47. The number of ether oxygens (including phenoxy) is 1. The molecule has 1 aliphatic carbocycles. The van der Waals surface area contributed by atoms with Gasteiger partial charge in [0.15, 0.2) is 18.8 Å². The number of carbonyl (C=O) groups is 1. The third-order valence-electron chi connectivity index (χ3n) is 5.98. The highest BCUT2D eigenvalue weighted by Gasteiger charge is 2.49. The number of carbonyl (C=O) groups excluding carboxylic acids is 1. The van der Waals surface area contributed by atoms with Gasteiger partial charge in [-0.25, -0.2) is 9.78 Å². The van der Waals surface area contributed by atoms with Crippen LogP contribution in [0, 0.1) is 17.8 Å². The second kappa shape index (κ2) is 8.37. The number of aromatic nitrogens is 1. The minimum absolute atomic E-state index is 0.0228. The third kappa shape index (κ3) is 4.35. The van der Waals surface area contributed by atoms with Crippen molar-refractivity contribution in [2.24, 2.45) is 17.8 Å². The maximum absolute atomic E-state index is 12.4. The molecule has 1 saturated carbocycles. The molecule has 9 nitrogen and oxygen atoms in total. The van der Waals surface area contributed by atoms with Crippen LogP contribution in [-0.2, 0) is 28.0 Å². The molecule has 1 aromatic heterocycles. The van der Waals surface area contributed by atoms with E-state index in [9.17, 15) is 13.2 Å². The second-order valence-corrected chi connectivity index (χ2v) is 10.2. The van der Waals surface area contributed by atoms with E-state index in [1.54, 1.807) is 18.4 Å². The lowest BCUT2D eigenvalue weighted by Gasteiger charge is -2.53. The molecule has 0 radical (unpaired) electrons. The topological polar surface area (TPSA) is 105 Å². The van der Waals surface area contributed by atoms with Gasteiger partial charge in [0.25, 0.3) is 10.2 Å². The normalized spacial score (nSPS) is 23.8. The van der Waals surface area contributed by atoms with Crippen LogP contribution in [0.4, 0.5) is 10.5 Å². The van der Waals surface area contributed by atoms with Crippen LogP contribution in [0.5, 0.6) is 0 Å². The minimum atomic E-state index is -3.33. The summed E-state index contributed by atoms with van der Waals surface area (Å²) in [7, 11) is -0.178. The van der Waals surface area contributed by atoms with Crippen LogP contribution >= 0.6 is 0 Å². The van der Waals surface area contributed by atoms with E-state index in [-0.39, 0.29) is 6.61 Å². The minimum Gasteiger partial charge on any atom is -0.445 e. The summed E-state index contributed by atoms with van der Waals surface area (Å²) in [5.41, 5.74) is 1.83. The van der Waals surface area contributed by atoms with Crippen molar-refractivity contribution in [2.75, 3.05) is 32.5 Å². The van der Waals surface area contributed by atoms with Crippen LogP contribution in [0.25, 0.3) is 0 Å². The largest absolute Gasteiger partial charge is 0.445 e. The zero-order valence-electron chi connectivity index (χ0n) is 17.0. The Morgan fingerprint density at radius 1 is 1.27 bits per heavy atom. The fourth-order valence-electron chi connectivity index (χ4n) is 4.30. The van der Waals surface area contributed by atoms with E-state index in [1.165, 1.54) is 22.5 Å². The summed E-state index contributed by atoms with van der Waals surface area (Å²) in [6, 6.07) is 7.69. The van der Waals surface area contributed by atoms with Crippen molar-refractivity contribution < 1.29 is 22.4 Å². The van der Waals surface area contributed by atoms with Gasteiger partial charge in [-0.2, -0.15) is 17.0 Å². The van der Waals surface area contributed by atoms with Gasteiger partial charge in [0, 0.05) is 32.9 Å². The Morgan fingerprint density at radius 3 is 2.57 bits per heavy atom. The molecule has 1 aromatic carbocycles. The van der Waals surface area contributed by atoms with Crippen LogP contribution in [-0.4, -0.2) is 55.3 Å². The van der Waals surface area contributed by atoms with Crippen LogP contribution in [0.2, 0.25) is 0 Å². The molecule has 2 saturated heterocycles. The quantitative estimate of drug-likeness (QED) is 0.717. The molecular formula is C20H26N4O5S. The molecule has 2 bridgehead atoms. The molecule has 3 fully saturated rings. The van der Waals surface area contributed by atoms with Crippen LogP contribution in [0.15, 0.2) is 41.3 Å². The maximum Gasteiger partial charge on any atom is 0.412 e. The fraction of sp³-hybridized carbons (Fsp3) is 0.500. The number of hydrogen-bond donors (Lipinski definition) is 1. The van der Waals surface area contributed by atoms with Gasteiger partial charge in [-0.1, -0.05) is 12.1 Å². The lowest BCUT2D eigenvalue weighted by Crippen LogP contribution is -2.58. The van der Waals surface area contributed by atoms with E-state index >= 15 is 0 Å². The SMILES string of the molecule is CN(C)S(=O)(=O)N1CC2CC(C1)C2Cc1ccc(NC(=O)OCc2cnco2)cc1. The first-order valence-corrected chi connectivity index (χ1v) is 11.3. The first-order valence-electron chi connectivity index (χ1n) is 9.90. The second-order valence-electron chi connectivity index (χ2n) is 8.10. The Labute approximate surface area is 176 Å². The molecular weight excluding hydrogens is 408 g/mol. The number of nitrogens with one attached hydrogen (secondary N) is 1. The van der Waals surface area contributed by atoms with E-state index in [4.69, 9.17) is 9.15 Å². The number of piperidine rings is 2. The maximum atomic E-state index is 12.4. The zero-order valence-corrected chi connectivity index (χ0v) is 17.8. The molecule has 5 rings (SSSR count). The Balaban J connectivity index is 1.27. The molecule has 10 heteroatoms. The number of benzene rings is 1. The van der Waals surface area contributed by atoms with Crippen molar-refractivity contribution in [3.63, 3.8) is 0 Å². The number of oxazole rings is 1. The molecule has 1 N–H and O–H groups in total. The molecule has 2 aromatic rings. The van der Waals surface area contributed by atoms with E-state index in [1.807, 2.05) is 24.3 Å². The number of nitrogens with zero attached hydrogens (tertiary/aromatic N) is 3. The van der Waals surface area contributed by atoms with Crippen molar-refractivity contribution in [3.8, 4) is 0 Å². The van der Waals surface area contributed by atoms with Gasteiger partial charge < -0.3 is 9.15 Å². The van der Waals surface area contributed by atoms with Crippen molar-refractivity contribution in [2.45, 2.75) is 19.4 Å². The van der Waals surface area contributed by atoms with Crippen molar-refractivity contribution in [1.29, 1.82) is 0 Å². The summed E-state index contributed by atoms with van der Waals surface area (Å²) in [5.74, 6) is 1.79. The molecule has 0 spiro atoms. The monoisotopic (exact) mass is 434 g/mol. The standard InChI is InChI=1S/C20H26N4O5S/c1-23(2)30(26,27)24-10-15-8-16(11-24)19(15)7-14-3-5-17(6-4-14)22-20(25)28-12-18-9-21-13-29-18/h3-6,9,13,15-16,19H,7-8,10-12H2,1-2H3,(H,22,25). The number of fused-ring (bicyclic) bond motifs is 2. The number of amides is 1. The predicted molar refractivity (Wildman–Crippen MR) is 110 cm³/mol. The Morgan fingerprint density at radius 2 is 1.97 bits per heavy atom. The van der Waals surface area contributed by atoms with Crippen molar-refractivity contribution >= 4 is 22.0 Å². The summed E-state index contributed by atoms with van der Waals surface area (Å²) in [6.45, 7) is 1.21. The molecule has 2 aliphatic heterocycles. The first-order chi connectivity index (χ1) is 14.3. The first kappa shape index (κ1) is 20.8. The number of rotatable bonds is 7. The van der Waals surface area contributed by atoms with E-state index in [0.717, 1.165) is 12.8 Å². The summed E-state index contributed by atoms with van der Waals surface area (Å²) in [4.78, 5) is 15.6. The van der Waals surface area contributed by atoms with Crippen LogP contribution < -0.4 is 5.32 Å². The Bertz CT molecular complexity index is 963. The predicted octanol–water partition coefficient (Wildman–Crippen LogP) is 2.34. The lowest BCUT2D eigenvalue weighted by atomic mass is 9.60. The summed E-state index contributed by atoms with van der Waals surface area (Å²) in [6.07, 6.45) is 4.23. The smallest absolute Gasteiger partial charge is 0.412 e. The van der Waals surface area contributed by atoms with E-state index in [2.05, 4.69) is 10.3 Å². The highest BCUT2D eigenvalue weighted by molar-refractivity contribution is 7.86. The average molecular weight is 435 g/mol. The van der Waals surface area contributed by atoms with Gasteiger partial charge in [0.05, 0.1) is 6.20 Å². The van der Waals surface area contributed by atoms with Gasteiger partial charge >= 0.3 is 6.09 Å². The lowest BCUT2D eigenvalue weighted by molar-refractivity contribution is -0.00999. The van der Waals surface area contributed by atoms with Gasteiger partial charge in [0.2, 0.25) is 0 Å². The van der Waals surface area contributed by atoms with Gasteiger partial charge in [-0.05, 0) is 48.3 Å². The molecule has 2 atom stereocenters. The van der Waals surface area contributed by atoms with Crippen LogP contribution in [0.3, 0.4) is 0 Å². The molecule has 3 heterocycles. The third-order valence-corrected chi connectivity index (χ3v) is 7.85. The Hall–Kier alpha value is -2.43. The van der Waals surface area contributed by atoms with Crippen molar-refractivity contribution in [1.82, 2.24) is 13.6 Å². The summed E-state index contributed by atoms with van der Waals surface area (Å²) >= 11 is 0. The summed E-state index contributed by atoms with van der Waals surface area (Å²) < 4.78 is 37.7. The highest BCUT2D eigenvalue weighted by atomic mass is 32.2. The number of hydrogen-bond acceptors (Lipinski definition) is 6. The summed E-state index contributed by atoms with van der Waals surface area (Å²) in [5, 5.41) is 2.68. The molecule has 3 aliphatic rings. The Kier molecular flexibility index (Phi) is 5.81. The average Bonchev–Trinajstić information content (AvgIpc) is 3.25. The molecule has 2 unspecified atom stereocenters. The number of anilines is 1. The molecule has 162 valence electrons. The van der Waals surface area contributed by atoms with E-state index in [0.29, 0.717) is 42.3 Å². The van der Waals surface area contributed by atoms with Crippen LogP contribution in [0.1, 0.15) is 17.7 Å². The van der Waals surface area contributed by atoms with E-state index < -0.39 is 16.3 Å². The molecule has 1 amide bonds. The molecule has 30 heavy (non-hydrogen) atoms. The van der Waals surface area contributed by atoms with Gasteiger partial charge in [0.1, 0.15) is 0 Å². The van der Waals surface area contributed by atoms with Gasteiger partial charge in [-0.3, -0.25) is 5.32 Å².